The second kappa shape index (κ2) is 4.95. The van der Waals surface area contributed by atoms with Gasteiger partial charge in [0.15, 0.2) is 0 Å². The second-order valence-corrected chi connectivity index (χ2v) is 6.67. The summed E-state index contributed by atoms with van der Waals surface area (Å²) < 4.78 is 11.4. The Balaban J connectivity index is 1.44. The number of nitrogens with one attached hydrogen (secondary N) is 1. The Morgan fingerprint density at radius 1 is 1.17 bits per heavy atom. The molecule has 2 aromatic carbocycles. The largest absolute Gasteiger partial charge is 0.492 e. The van der Waals surface area contributed by atoms with Crippen molar-refractivity contribution in [1.82, 2.24) is 5.32 Å². The lowest BCUT2D eigenvalue weighted by Gasteiger charge is -2.46. The standard InChI is InChI=1S/C20H17NO3/c22-19-8-6-13-5-7-14(9-18(13)24-19)23-12-20-11-21-10-17(20)15-3-1-2-4-16(15)20/h1-9,17,21H,10-12H2/t17-,20-/m1/s1. The van der Waals surface area contributed by atoms with Crippen LogP contribution < -0.4 is 15.7 Å². The van der Waals surface area contributed by atoms with Gasteiger partial charge in [-0.3, -0.25) is 0 Å². The monoisotopic (exact) mass is 319 g/mol. The molecule has 0 unspecified atom stereocenters. The maximum atomic E-state index is 11.4. The van der Waals surface area contributed by atoms with E-state index in [9.17, 15) is 4.79 Å². The Morgan fingerprint density at radius 2 is 2.04 bits per heavy atom. The van der Waals surface area contributed by atoms with Crippen molar-refractivity contribution in [2.45, 2.75) is 11.3 Å². The highest BCUT2D eigenvalue weighted by Gasteiger charge is 2.54. The Hall–Kier alpha value is -2.59. The molecule has 120 valence electrons. The van der Waals surface area contributed by atoms with Crippen LogP contribution >= 0.6 is 0 Å². The molecular weight excluding hydrogens is 302 g/mol. The summed E-state index contributed by atoms with van der Waals surface area (Å²) in [6.07, 6.45) is 0. The first-order valence-electron chi connectivity index (χ1n) is 8.23. The highest BCUT2D eigenvalue weighted by Crippen LogP contribution is 2.53. The third-order valence-corrected chi connectivity index (χ3v) is 5.42. The van der Waals surface area contributed by atoms with E-state index in [2.05, 4.69) is 29.6 Å². The van der Waals surface area contributed by atoms with Gasteiger partial charge in [0.2, 0.25) is 0 Å². The summed E-state index contributed by atoms with van der Waals surface area (Å²) in [5, 5.41) is 4.40. The minimum Gasteiger partial charge on any atom is -0.492 e. The van der Waals surface area contributed by atoms with Gasteiger partial charge >= 0.3 is 5.63 Å². The fourth-order valence-corrected chi connectivity index (χ4v) is 4.20. The van der Waals surface area contributed by atoms with Crippen LogP contribution in [-0.4, -0.2) is 19.7 Å². The molecule has 0 spiro atoms. The highest BCUT2D eigenvalue weighted by molar-refractivity contribution is 5.77. The summed E-state index contributed by atoms with van der Waals surface area (Å²) in [4.78, 5) is 11.4. The molecule has 1 saturated heterocycles. The number of fused-ring (bicyclic) bond motifs is 5. The fourth-order valence-electron chi connectivity index (χ4n) is 4.20. The first kappa shape index (κ1) is 13.8. The van der Waals surface area contributed by atoms with Crippen LogP contribution in [0, 0.1) is 0 Å². The van der Waals surface area contributed by atoms with Crippen molar-refractivity contribution in [1.29, 1.82) is 0 Å². The van der Waals surface area contributed by atoms with Gasteiger partial charge in [0.25, 0.3) is 0 Å². The molecule has 24 heavy (non-hydrogen) atoms. The zero-order chi connectivity index (χ0) is 16.1. The lowest BCUT2D eigenvalue weighted by atomic mass is 9.58. The van der Waals surface area contributed by atoms with Crippen LogP contribution in [0.5, 0.6) is 5.75 Å². The van der Waals surface area contributed by atoms with Crippen LogP contribution in [0.15, 0.2) is 63.8 Å². The van der Waals surface area contributed by atoms with Gasteiger partial charge in [-0.25, -0.2) is 4.79 Å². The zero-order valence-electron chi connectivity index (χ0n) is 13.1. The maximum absolute atomic E-state index is 11.4. The number of benzene rings is 2. The van der Waals surface area contributed by atoms with E-state index in [-0.39, 0.29) is 11.0 Å². The Labute approximate surface area is 139 Å². The fraction of sp³-hybridized carbons (Fsp3) is 0.250. The van der Waals surface area contributed by atoms with Crippen molar-refractivity contribution in [3.8, 4) is 5.75 Å². The predicted molar refractivity (Wildman–Crippen MR) is 91.7 cm³/mol. The second-order valence-electron chi connectivity index (χ2n) is 6.67. The first-order valence-corrected chi connectivity index (χ1v) is 8.23. The topological polar surface area (TPSA) is 51.5 Å². The van der Waals surface area contributed by atoms with Crippen LogP contribution in [0.2, 0.25) is 0 Å². The minimum atomic E-state index is -0.341. The van der Waals surface area contributed by atoms with Crippen molar-refractivity contribution < 1.29 is 9.15 Å². The summed E-state index contributed by atoms with van der Waals surface area (Å²) >= 11 is 0. The third kappa shape index (κ3) is 1.86. The summed E-state index contributed by atoms with van der Waals surface area (Å²) in [6, 6.07) is 17.5. The van der Waals surface area contributed by atoms with E-state index in [0.717, 1.165) is 24.2 Å². The molecule has 0 radical (unpaired) electrons. The molecule has 4 heteroatoms. The molecule has 2 atom stereocenters. The molecule has 3 aromatic rings. The highest BCUT2D eigenvalue weighted by atomic mass is 16.5. The first-order chi connectivity index (χ1) is 11.8. The summed E-state index contributed by atoms with van der Waals surface area (Å²) in [5.74, 6) is 1.26. The molecule has 2 aliphatic rings. The van der Waals surface area contributed by atoms with Crippen molar-refractivity contribution in [3.05, 3.63) is 76.1 Å². The van der Waals surface area contributed by atoms with Gasteiger partial charge in [0.05, 0.1) is 12.0 Å². The van der Waals surface area contributed by atoms with Crippen molar-refractivity contribution in [3.63, 3.8) is 0 Å². The van der Waals surface area contributed by atoms with Gasteiger partial charge in [0.1, 0.15) is 11.3 Å². The van der Waals surface area contributed by atoms with E-state index in [1.807, 2.05) is 12.1 Å². The summed E-state index contributed by atoms with van der Waals surface area (Å²) in [5.41, 5.74) is 3.12. The van der Waals surface area contributed by atoms with Crippen LogP contribution in [0.1, 0.15) is 17.0 Å². The quantitative estimate of drug-likeness (QED) is 0.754. The predicted octanol–water partition coefficient (Wildman–Crippen LogP) is 2.81. The molecule has 0 saturated carbocycles. The molecule has 2 heterocycles. The van der Waals surface area contributed by atoms with E-state index in [4.69, 9.17) is 9.15 Å². The molecule has 4 nitrogen and oxygen atoms in total. The zero-order valence-corrected chi connectivity index (χ0v) is 13.1. The lowest BCUT2D eigenvalue weighted by molar-refractivity contribution is 0.190. The van der Waals surface area contributed by atoms with E-state index in [1.54, 1.807) is 12.1 Å². The Kier molecular flexibility index (Phi) is 2.85. The normalized spacial score (nSPS) is 24.2. The van der Waals surface area contributed by atoms with Gasteiger partial charge < -0.3 is 14.5 Å². The minimum absolute atomic E-state index is 0.0586. The van der Waals surface area contributed by atoms with Gasteiger partial charge in [-0.2, -0.15) is 0 Å². The smallest absolute Gasteiger partial charge is 0.336 e. The molecule has 1 aliphatic heterocycles. The number of hydrogen-bond acceptors (Lipinski definition) is 4. The molecule has 0 amide bonds. The average Bonchev–Trinajstić information content (AvgIpc) is 2.97. The molecule has 5 rings (SSSR count). The molecule has 1 N–H and O–H groups in total. The lowest BCUT2D eigenvalue weighted by Crippen LogP contribution is -2.48. The van der Waals surface area contributed by atoms with Crippen LogP contribution in [0.25, 0.3) is 11.0 Å². The number of hydrogen-bond donors (Lipinski definition) is 1. The van der Waals surface area contributed by atoms with E-state index >= 15 is 0 Å². The SMILES string of the molecule is O=c1ccc2ccc(OC[C@@]34CNC[C@@H]3c3ccccc34)cc2o1. The van der Waals surface area contributed by atoms with Crippen molar-refractivity contribution in [2.75, 3.05) is 19.7 Å². The molecule has 1 aliphatic carbocycles. The molecule has 1 fully saturated rings. The maximum Gasteiger partial charge on any atom is 0.336 e. The summed E-state index contributed by atoms with van der Waals surface area (Å²) in [6.45, 7) is 2.58. The van der Waals surface area contributed by atoms with Crippen LogP contribution in [0.3, 0.4) is 0 Å². The van der Waals surface area contributed by atoms with Gasteiger partial charge in [-0.15, -0.1) is 0 Å². The molecule has 0 bridgehead atoms. The number of ether oxygens (including phenoxy) is 1. The van der Waals surface area contributed by atoms with Crippen LogP contribution in [-0.2, 0) is 5.41 Å². The third-order valence-electron chi connectivity index (χ3n) is 5.42. The summed E-state index contributed by atoms with van der Waals surface area (Å²) in [7, 11) is 0. The van der Waals surface area contributed by atoms with E-state index in [1.165, 1.54) is 17.2 Å². The van der Waals surface area contributed by atoms with Crippen LogP contribution in [0.4, 0.5) is 0 Å². The van der Waals surface area contributed by atoms with E-state index < -0.39 is 0 Å². The van der Waals surface area contributed by atoms with E-state index in [0.29, 0.717) is 18.1 Å². The van der Waals surface area contributed by atoms with Gasteiger partial charge in [-0.05, 0) is 29.3 Å². The number of rotatable bonds is 3. The average molecular weight is 319 g/mol. The molecule has 1 aromatic heterocycles. The van der Waals surface area contributed by atoms with Gasteiger partial charge in [0, 0.05) is 36.5 Å². The van der Waals surface area contributed by atoms with Gasteiger partial charge in [-0.1, -0.05) is 24.3 Å². The Bertz CT molecular complexity index is 993. The van der Waals surface area contributed by atoms with Crippen molar-refractivity contribution in [2.24, 2.45) is 0 Å². The molecular formula is C20H17NO3. The van der Waals surface area contributed by atoms with Crippen molar-refractivity contribution >= 4 is 11.0 Å². The Morgan fingerprint density at radius 3 is 3.00 bits per heavy atom.